The van der Waals surface area contributed by atoms with Gasteiger partial charge in [-0.25, -0.2) is 4.79 Å². The van der Waals surface area contributed by atoms with E-state index in [1.807, 2.05) is 6.92 Å². The minimum Gasteiger partial charge on any atom is -0.465 e. The zero-order chi connectivity index (χ0) is 20.9. The predicted octanol–water partition coefficient (Wildman–Crippen LogP) is 1.60. The lowest BCUT2D eigenvalue weighted by molar-refractivity contribution is -0.129. The fourth-order valence-corrected chi connectivity index (χ4v) is 6.51. The van der Waals surface area contributed by atoms with E-state index in [-0.39, 0.29) is 29.9 Å². The molecule has 6 rings (SSSR count). The Kier molecular flexibility index (Phi) is 4.95. The Labute approximate surface area is 174 Å². The van der Waals surface area contributed by atoms with Crippen molar-refractivity contribution in [3.05, 3.63) is 16.3 Å². The smallest absolute Gasteiger partial charge is 0.349 e. The number of carbonyl (C=O) groups excluding carboxylic acids is 1. The molecule has 0 aromatic carbocycles. The van der Waals surface area contributed by atoms with E-state index in [9.17, 15) is 9.59 Å². The van der Waals surface area contributed by atoms with Crippen molar-refractivity contribution < 1.29 is 18.7 Å². The van der Waals surface area contributed by atoms with Gasteiger partial charge in [0.2, 0.25) is 5.82 Å². The van der Waals surface area contributed by atoms with Crippen LogP contribution < -0.4 is 20.6 Å². The van der Waals surface area contributed by atoms with Gasteiger partial charge in [-0.2, -0.15) is 9.37 Å². The van der Waals surface area contributed by atoms with E-state index in [2.05, 4.69) is 15.3 Å². The number of nitrogens with one attached hydrogen (secondary N) is 2. The summed E-state index contributed by atoms with van der Waals surface area (Å²) < 4.78 is 25.8. The van der Waals surface area contributed by atoms with E-state index < -0.39 is 17.4 Å². The van der Waals surface area contributed by atoms with Crippen LogP contribution in [0.4, 0.5) is 10.2 Å². The summed E-state index contributed by atoms with van der Waals surface area (Å²) in [4.78, 5) is 32.4. The molecule has 0 radical (unpaired) electrons. The highest BCUT2D eigenvalue weighted by Crippen LogP contribution is 2.55. The number of morpholine rings is 1. The molecule has 1 aliphatic heterocycles. The van der Waals surface area contributed by atoms with Crippen molar-refractivity contribution in [2.75, 3.05) is 31.3 Å². The molecule has 1 amide bonds. The summed E-state index contributed by atoms with van der Waals surface area (Å²) in [6, 6.07) is -0.0986. The number of carbonyl (C=O) groups is 1. The fraction of sp³-hybridized carbons (Fsp3) is 0.762. The highest BCUT2D eigenvalue weighted by Gasteiger charge is 2.51. The Hall–Kier alpha value is -2.16. The molecule has 5 aliphatic rings. The third kappa shape index (κ3) is 3.68. The Morgan fingerprint density at radius 2 is 1.97 bits per heavy atom. The summed E-state index contributed by atoms with van der Waals surface area (Å²) in [6.45, 7) is 2.86. The molecule has 0 spiro atoms. The van der Waals surface area contributed by atoms with Crippen LogP contribution in [0.2, 0.25) is 0 Å². The number of hydrogen-bond donors (Lipinski definition) is 2. The van der Waals surface area contributed by atoms with Crippen molar-refractivity contribution >= 4 is 11.7 Å². The molecule has 5 fully saturated rings. The van der Waals surface area contributed by atoms with Gasteiger partial charge in [-0.1, -0.05) is 0 Å². The van der Waals surface area contributed by atoms with Crippen LogP contribution in [0.3, 0.4) is 0 Å². The number of aromatic nitrogens is 2. The van der Waals surface area contributed by atoms with Crippen molar-refractivity contribution in [3.63, 3.8) is 0 Å². The molecule has 30 heavy (non-hydrogen) atoms. The van der Waals surface area contributed by atoms with E-state index in [0.29, 0.717) is 37.5 Å². The quantitative estimate of drug-likeness (QED) is 0.751. The third-order valence-corrected chi connectivity index (χ3v) is 7.26. The average molecular weight is 420 g/mol. The maximum atomic E-state index is 15.0. The van der Waals surface area contributed by atoms with Crippen LogP contribution in [0.15, 0.2) is 4.79 Å². The lowest BCUT2D eigenvalue weighted by atomic mass is 9.53. The standard InChI is InChI=1S/C21H29FN4O4/c1-12-10-29-3-2-26(12)18-17(22)19(24-20(28)23-18)30-11-16(27)25-21-7-13-4-14(8-21)6-15(5-13)9-21/h12-15H,2-11H2,1H3,(H,25,27)(H,23,24,28). The van der Waals surface area contributed by atoms with Crippen molar-refractivity contribution in [2.45, 2.75) is 57.0 Å². The van der Waals surface area contributed by atoms with E-state index in [4.69, 9.17) is 9.47 Å². The van der Waals surface area contributed by atoms with Crippen molar-refractivity contribution in [2.24, 2.45) is 17.8 Å². The highest BCUT2D eigenvalue weighted by molar-refractivity contribution is 5.78. The monoisotopic (exact) mass is 420 g/mol. The fourth-order valence-electron chi connectivity index (χ4n) is 6.51. The van der Waals surface area contributed by atoms with Crippen LogP contribution in [-0.4, -0.2) is 53.8 Å². The summed E-state index contributed by atoms with van der Waals surface area (Å²) in [7, 11) is 0. The summed E-state index contributed by atoms with van der Waals surface area (Å²) in [5, 5.41) is 3.19. The number of H-pyrrole nitrogens is 1. The maximum absolute atomic E-state index is 15.0. The Morgan fingerprint density at radius 3 is 2.60 bits per heavy atom. The predicted molar refractivity (Wildman–Crippen MR) is 107 cm³/mol. The van der Waals surface area contributed by atoms with E-state index in [1.54, 1.807) is 4.90 Å². The first-order valence-corrected chi connectivity index (χ1v) is 11.0. The topological polar surface area (TPSA) is 96.6 Å². The van der Waals surface area contributed by atoms with Gasteiger partial charge < -0.3 is 19.7 Å². The number of rotatable bonds is 5. The van der Waals surface area contributed by atoms with Gasteiger partial charge in [0, 0.05) is 12.1 Å². The highest BCUT2D eigenvalue weighted by atomic mass is 19.1. The van der Waals surface area contributed by atoms with Crippen LogP contribution in [0.25, 0.3) is 0 Å². The van der Waals surface area contributed by atoms with Gasteiger partial charge in [-0.3, -0.25) is 9.78 Å². The van der Waals surface area contributed by atoms with Crippen LogP contribution in [0.5, 0.6) is 5.88 Å². The van der Waals surface area contributed by atoms with E-state index >= 15 is 4.39 Å². The molecule has 8 nitrogen and oxygen atoms in total. The Bertz CT molecular complexity index is 853. The SMILES string of the molecule is CC1COCCN1c1[nH]c(=O)nc(OCC(=O)NC23CC4CC(CC(C4)C2)C3)c1F. The Balaban J connectivity index is 1.26. The second-order valence-corrected chi connectivity index (χ2v) is 9.66. The number of anilines is 1. The number of hydrogen-bond acceptors (Lipinski definition) is 6. The van der Waals surface area contributed by atoms with Gasteiger partial charge in [0.25, 0.3) is 11.8 Å². The van der Waals surface area contributed by atoms with Gasteiger partial charge in [0.1, 0.15) is 0 Å². The lowest BCUT2D eigenvalue weighted by Crippen LogP contribution is -2.60. The molecule has 1 aromatic rings. The second-order valence-electron chi connectivity index (χ2n) is 9.66. The van der Waals surface area contributed by atoms with E-state index in [0.717, 1.165) is 19.3 Å². The van der Waals surface area contributed by atoms with Gasteiger partial charge in [-0.05, 0) is 63.2 Å². The summed E-state index contributed by atoms with van der Waals surface area (Å²) in [6.07, 6.45) is 6.95. The first-order chi connectivity index (χ1) is 14.4. The molecule has 2 N–H and O–H groups in total. The Morgan fingerprint density at radius 1 is 1.30 bits per heavy atom. The van der Waals surface area contributed by atoms with Gasteiger partial charge in [0.15, 0.2) is 12.4 Å². The molecule has 9 heteroatoms. The summed E-state index contributed by atoms with van der Waals surface area (Å²) >= 11 is 0. The van der Waals surface area contributed by atoms with Crippen LogP contribution >= 0.6 is 0 Å². The average Bonchev–Trinajstić information content (AvgIpc) is 2.67. The molecule has 2 heterocycles. The van der Waals surface area contributed by atoms with Gasteiger partial charge >= 0.3 is 5.69 Å². The number of ether oxygens (including phenoxy) is 2. The molecule has 1 atom stereocenters. The van der Waals surface area contributed by atoms with Crippen molar-refractivity contribution in [1.29, 1.82) is 0 Å². The van der Waals surface area contributed by atoms with Crippen molar-refractivity contribution in [3.8, 4) is 5.88 Å². The van der Waals surface area contributed by atoms with E-state index in [1.165, 1.54) is 19.3 Å². The first kappa shape index (κ1) is 19.8. The number of halogens is 1. The molecule has 1 saturated heterocycles. The molecule has 1 aromatic heterocycles. The van der Waals surface area contributed by atoms with Crippen molar-refractivity contribution in [1.82, 2.24) is 15.3 Å². The molecule has 1 unspecified atom stereocenters. The molecule has 164 valence electrons. The van der Waals surface area contributed by atoms with Crippen LogP contribution in [0, 0.1) is 23.6 Å². The number of aromatic amines is 1. The normalized spacial score (nSPS) is 34.8. The minimum absolute atomic E-state index is 0.0299. The first-order valence-electron chi connectivity index (χ1n) is 11.0. The van der Waals surface area contributed by atoms with Gasteiger partial charge in [0.05, 0.1) is 19.3 Å². The van der Waals surface area contributed by atoms with Crippen LogP contribution in [0.1, 0.15) is 45.4 Å². The molecule has 4 aliphatic carbocycles. The van der Waals surface area contributed by atoms with Crippen LogP contribution in [-0.2, 0) is 9.53 Å². The molecule has 4 bridgehead atoms. The summed E-state index contributed by atoms with van der Waals surface area (Å²) in [5.41, 5.74) is -0.842. The molecular weight excluding hydrogens is 391 g/mol. The lowest BCUT2D eigenvalue weighted by Gasteiger charge is -2.56. The second kappa shape index (κ2) is 7.51. The number of nitrogens with zero attached hydrogens (tertiary/aromatic N) is 2. The molecular formula is C21H29FN4O4. The minimum atomic E-state index is -0.758. The maximum Gasteiger partial charge on any atom is 0.349 e. The zero-order valence-corrected chi connectivity index (χ0v) is 17.3. The number of amides is 1. The third-order valence-electron chi connectivity index (χ3n) is 7.26. The molecule has 4 saturated carbocycles. The summed E-state index contributed by atoms with van der Waals surface area (Å²) in [5.74, 6) is 0.688. The van der Waals surface area contributed by atoms with Gasteiger partial charge in [-0.15, -0.1) is 0 Å². The zero-order valence-electron chi connectivity index (χ0n) is 17.3. The largest absolute Gasteiger partial charge is 0.465 e.